The lowest BCUT2D eigenvalue weighted by molar-refractivity contribution is 0.0698. The maximum Gasteiger partial charge on any atom is 0.339 e. The average molecular weight is 282 g/mol. The molecule has 0 radical (unpaired) electrons. The lowest BCUT2D eigenvalue weighted by Gasteiger charge is -2.01. The molecule has 106 valence electrons. The van der Waals surface area contributed by atoms with Crippen LogP contribution in [0.3, 0.4) is 0 Å². The Labute approximate surface area is 121 Å². The Morgan fingerprint density at radius 2 is 2.05 bits per heavy atom. The third-order valence-corrected chi connectivity index (χ3v) is 3.31. The quantitative estimate of drug-likeness (QED) is 0.799. The number of aromatic nitrogens is 2. The molecular formula is C16H14N2O3. The Kier molecular flexibility index (Phi) is 3.31. The topological polar surface area (TPSA) is 63.8 Å². The van der Waals surface area contributed by atoms with Gasteiger partial charge >= 0.3 is 5.97 Å². The van der Waals surface area contributed by atoms with Crippen molar-refractivity contribution in [2.24, 2.45) is 0 Å². The monoisotopic (exact) mass is 282 g/mol. The van der Waals surface area contributed by atoms with Crippen molar-refractivity contribution in [1.29, 1.82) is 0 Å². The second kappa shape index (κ2) is 5.28. The molecule has 0 aliphatic rings. The summed E-state index contributed by atoms with van der Waals surface area (Å²) in [5, 5.41) is 9.17. The van der Waals surface area contributed by atoms with Crippen molar-refractivity contribution in [2.45, 2.75) is 6.42 Å². The highest BCUT2D eigenvalue weighted by Crippen LogP contribution is 2.16. The first-order valence-electron chi connectivity index (χ1n) is 6.50. The third kappa shape index (κ3) is 2.58. The molecule has 3 aromatic rings. The molecule has 2 heterocycles. The van der Waals surface area contributed by atoms with E-state index in [1.54, 1.807) is 29.8 Å². The molecule has 0 atom stereocenters. The molecule has 2 aromatic heterocycles. The van der Waals surface area contributed by atoms with Gasteiger partial charge in [-0.2, -0.15) is 0 Å². The number of carbonyl (C=O) groups is 1. The number of fused-ring (bicyclic) bond motifs is 1. The van der Waals surface area contributed by atoms with Gasteiger partial charge in [-0.05, 0) is 29.8 Å². The molecule has 0 unspecified atom stereocenters. The number of benzene rings is 1. The highest BCUT2D eigenvalue weighted by atomic mass is 16.5. The van der Waals surface area contributed by atoms with Gasteiger partial charge < -0.3 is 14.2 Å². The fraction of sp³-hybridized carbons (Fsp3) is 0.125. The third-order valence-electron chi connectivity index (χ3n) is 3.31. The minimum absolute atomic E-state index is 0.207. The van der Waals surface area contributed by atoms with Crippen LogP contribution in [0.2, 0.25) is 0 Å². The van der Waals surface area contributed by atoms with Crippen LogP contribution in [0.1, 0.15) is 21.6 Å². The van der Waals surface area contributed by atoms with Crippen LogP contribution in [-0.4, -0.2) is 27.6 Å². The van der Waals surface area contributed by atoms with Crippen molar-refractivity contribution < 1.29 is 14.6 Å². The lowest BCUT2D eigenvalue weighted by atomic mass is 10.1. The fourth-order valence-corrected chi connectivity index (χ4v) is 2.27. The van der Waals surface area contributed by atoms with Crippen LogP contribution in [0.4, 0.5) is 0 Å². The first-order valence-corrected chi connectivity index (χ1v) is 6.50. The van der Waals surface area contributed by atoms with E-state index in [1.165, 1.54) is 0 Å². The number of imidazole rings is 1. The summed E-state index contributed by atoms with van der Waals surface area (Å²) in [6, 6.07) is 11.0. The summed E-state index contributed by atoms with van der Waals surface area (Å²) in [6.07, 6.45) is 4.29. The maximum atomic E-state index is 11.2. The molecule has 0 spiro atoms. The summed E-state index contributed by atoms with van der Waals surface area (Å²) in [7, 11) is 1.63. The number of rotatable bonds is 4. The van der Waals surface area contributed by atoms with Gasteiger partial charge in [-0.3, -0.25) is 0 Å². The molecular weight excluding hydrogens is 268 g/mol. The summed E-state index contributed by atoms with van der Waals surface area (Å²) in [4.78, 5) is 15.6. The van der Waals surface area contributed by atoms with E-state index in [9.17, 15) is 9.90 Å². The lowest BCUT2D eigenvalue weighted by Crippen LogP contribution is -1.99. The molecule has 21 heavy (non-hydrogen) atoms. The van der Waals surface area contributed by atoms with Crippen molar-refractivity contribution >= 4 is 11.6 Å². The molecule has 5 nitrogen and oxygen atoms in total. The number of carboxylic acids is 1. The standard InChI is InChI=1S/C16H14N2O3/c1-21-13-6-4-11(5-7-13)9-12-10-18-8-2-3-14(16(19)20)15(18)17-12/h2-8,10H,9H2,1H3,(H,19,20). The Morgan fingerprint density at radius 1 is 1.29 bits per heavy atom. The van der Waals surface area contributed by atoms with Crippen LogP contribution < -0.4 is 4.74 Å². The predicted octanol–water partition coefficient (Wildman–Crippen LogP) is 2.63. The summed E-state index contributed by atoms with van der Waals surface area (Å²) < 4.78 is 6.86. The molecule has 0 saturated heterocycles. The Hall–Kier alpha value is -2.82. The van der Waals surface area contributed by atoms with Crippen molar-refractivity contribution in [2.75, 3.05) is 7.11 Å². The number of ether oxygens (including phenoxy) is 1. The number of pyridine rings is 1. The smallest absolute Gasteiger partial charge is 0.339 e. The van der Waals surface area contributed by atoms with Gasteiger partial charge in [0.05, 0.1) is 12.8 Å². The number of aromatic carboxylic acids is 1. The van der Waals surface area contributed by atoms with E-state index in [4.69, 9.17) is 4.74 Å². The van der Waals surface area contributed by atoms with Crippen LogP contribution in [0.5, 0.6) is 5.75 Å². The fourth-order valence-electron chi connectivity index (χ4n) is 2.27. The van der Waals surface area contributed by atoms with Gasteiger partial charge in [0.2, 0.25) is 0 Å². The zero-order chi connectivity index (χ0) is 14.8. The van der Waals surface area contributed by atoms with Gasteiger partial charge in [-0.15, -0.1) is 0 Å². The van der Waals surface area contributed by atoms with Crippen LogP contribution >= 0.6 is 0 Å². The molecule has 0 bridgehead atoms. The van der Waals surface area contributed by atoms with Crippen molar-refractivity contribution in [3.8, 4) is 5.75 Å². The number of hydrogen-bond acceptors (Lipinski definition) is 3. The normalized spacial score (nSPS) is 10.7. The summed E-state index contributed by atoms with van der Waals surface area (Å²) >= 11 is 0. The van der Waals surface area contributed by atoms with Crippen LogP contribution in [0, 0.1) is 0 Å². The van der Waals surface area contributed by atoms with E-state index in [0.717, 1.165) is 17.0 Å². The average Bonchev–Trinajstić information content (AvgIpc) is 2.89. The molecule has 1 N–H and O–H groups in total. The van der Waals surface area contributed by atoms with Gasteiger partial charge in [-0.1, -0.05) is 12.1 Å². The van der Waals surface area contributed by atoms with Crippen LogP contribution in [-0.2, 0) is 6.42 Å². The number of hydrogen-bond donors (Lipinski definition) is 1. The molecule has 0 fully saturated rings. The largest absolute Gasteiger partial charge is 0.497 e. The number of nitrogens with zero attached hydrogens (tertiary/aromatic N) is 2. The summed E-state index contributed by atoms with van der Waals surface area (Å²) in [5.74, 6) is -0.163. The summed E-state index contributed by atoms with van der Waals surface area (Å²) in [6.45, 7) is 0. The van der Waals surface area contributed by atoms with Crippen molar-refractivity contribution in [3.63, 3.8) is 0 Å². The minimum Gasteiger partial charge on any atom is -0.497 e. The maximum absolute atomic E-state index is 11.2. The van der Waals surface area contributed by atoms with Crippen molar-refractivity contribution in [1.82, 2.24) is 9.38 Å². The Morgan fingerprint density at radius 3 is 2.71 bits per heavy atom. The highest BCUT2D eigenvalue weighted by molar-refractivity contribution is 5.94. The number of carboxylic acid groups (broad SMARTS) is 1. The van der Waals surface area contributed by atoms with E-state index in [2.05, 4.69) is 4.98 Å². The van der Waals surface area contributed by atoms with Gasteiger partial charge in [0, 0.05) is 18.8 Å². The van der Waals surface area contributed by atoms with Gasteiger partial charge in [0.15, 0.2) is 5.65 Å². The SMILES string of the molecule is COc1ccc(Cc2cn3cccc(C(=O)O)c3n2)cc1. The Bertz CT molecular complexity index is 791. The second-order valence-electron chi connectivity index (χ2n) is 4.71. The molecule has 0 aliphatic heterocycles. The van der Waals surface area contributed by atoms with Crippen LogP contribution in [0.25, 0.3) is 5.65 Å². The Balaban J connectivity index is 1.93. The van der Waals surface area contributed by atoms with Gasteiger partial charge in [0.1, 0.15) is 11.3 Å². The van der Waals surface area contributed by atoms with E-state index < -0.39 is 5.97 Å². The molecule has 5 heteroatoms. The predicted molar refractivity (Wildman–Crippen MR) is 78.0 cm³/mol. The molecule has 1 aromatic carbocycles. The van der Waals surface area contributed by atoms with Crippen LogP contribution in [0.15, 0.2) is 48.8 Å². The zero-order valence-electron chi connectivity index (χ0n) is 11.5. The van der Waals surface area contributed by atoms with Crippen molar-refractivity contribution in [3.05, 3.63) is 65.6 Å². The molecule has 0 saturated carbocycles. The van der Waals surface area contributed by atoms with E-state index >= 15 is 0 Å². The minimum atomic E-state index is -0.970. The molecule has 0 amide bonds. The van der Waals surface area contributed by atoms with E-state index in [-0.39, 0.29) is 5.56 Å². The van der Waals surface area contributed by atoms with Gasteiger partial charge in [-0.25, -0.2) is 9.78 Å². The number of methoxy groups -OCH3 is 1. The second-order valence-corrected chi connectivity index (χ2v) is 4.71. The first kappa shape index (κ1) is 13.2. The zero-order valence-corrected chi connectivity index (χ0v) is 11.5. The van der Waals surface area contributed by atoms with Gasteiger partial charge in [0.25, 0.3) is 0 Å². The summed E-state index contributed by atoms with van der Waals surface area (Å²) in [5.41, 5.74) is 2.59. The highest BCUT2D eigenvalue weighted by Gasteiger charge is 2.11. The van der Waals surface area contributed by atoms with E-state index in [1.807, 2.05) is 30.5 Å². The molecule has 3 rings (SSSR count). The molecule has 0 aliphatic carbocycles. The first-order chi connectivity index (χ1) is 10.2. The van der Waals surface area contributed by atoms with E-state index in [0.29, 0.717) is 12.1 Å².